The maximum absolute atomic E-state index is 4.59. The third-order valence-electron chi connectivity index (χ3n) is 3.61. The van der Waals surface area contributed by atoms with Gasteiger partial charge in [0.25, 0.3) is 0 Å². The minimum absolute atomic E-state index is 1.06. The highest BCUT2D eigenvalue weighted by Gasteiger charge is 2.15. The summed E-state index contributed by atoms with van der Waals surface area (Å²) in [4.78, 5) is 7.06. The zero-order chi connectivity index (χ0) is 12.4. The molecule has 0 saturated carbocycles. The normalized spacial score (nSPS) is 16.8. The minimum Gasteiger partial charge on any atom is -0.368 e. The Morgan fingerprint density at radius 2 is 2.11 bits per heavy atom. The predicted octanol–water partition coefficient (Wildman–Crippen LogP) is 2.34. The van der Waals surface area contributed by atoms with Gasteiger partial charge in [-0.05, 0) is 31.5 Å². The van der Waals surface area contributed by atoms with E-state index in [1.54, 1.807) is 0 Å². The van der Waals surface area contributed by atoms with Gasteiger partial charge in [0.2, 0.25) is 0 Å². The number of benzene rings is 1. The number of hydrogen-bond acceptors (Lipinski definition) is 3. The number of aryl methyl sites for hydroxylation is 1. The van der Waals surface area contributed by atoms with Crippen molar-refractivity contribution >= 4 is 16.6 Å². The molecule has 1 aliphatic rings. The van der Waals surface area contributed by atoms with E-state index in [2.05, 4.69) is 40.3 Å². The molecular weight excluding hydrogens is 222 g/mol. The van der Waals surface area contributed by atoms with Crippen LogP contribution < -0.4 is 10.2 Å². The minimum atomic E-state index is 1.06. The molecular formula is C15H19N3. The van der Waals surface area contributed by atoms with E-state index < -0.39 is 0 Å². The van der Waals surface area contributed by atoms with E-state index in [-0.39, 0.29) is 0 Å². The van der Waals surface area contributed by atoms with Crippen molar-refractivity contribution in [3.05, 3.63) is 36.0 Å². The Labute approximate surface area is 108 Å². The smallest absolute Gasteiger partial charge is 0.0937 e. The Morgan fingerprint density at radius 3 is 3.06 bits per heavy atom. The van der Waals surface area contributed by atoms with Crippen molar-refractivity contribution in [3.63, 3.8) is 0 Å². The predicted molar refractivity (Wildman–Crippen MR) is 76.2 cm³/mol. The number of fused-ring (bicyclic) bond motifs is 1. The molecule has 94 valence electrons. The highest BCUT2D eigenvalue weighted by atomic mass is 15.2. The Balaban J connectivity index is 2.11. The van der Waals surface area contributed by atoms with Crippen molar-refractivity contribution in [3.8, 4) is 0 Å². The standard InChI is InChI=1S/C15H19N3/c1-12-5-6-13-4-2-8-17-14(13)15(12)18-10-3-7-16-9-11-18/h2,4-6,8,16H,3,7,9-11H2,1H3. The van der Waals surface area contributed by atoms with Crippen LogP contribution in [0.5, 0.6) is 0 Å². The molecule has 1 aromatic heterocycles. The molecule has 0 spiro atoms. The van der Waals surface area contributed by atoms with Crippen LogP contribution >= 0.6 is 0 Å². The molecule has 0 unspecified atom stereocenters. The molecule has 1 fully saturated rings. The van der Waals surface area contributed by atoms with Crippen LogP contribution in [-0.4, -0.2) is 31.2 Å². The zero-order valence-corrected chi connectivity index (χ0v) is 10.8. The monoisotopic (exact) mass is 241 g/mol. The summed E-state index contributed by atoms with van der Waals surface area (Å²) in [6.07, 6.45) is 3.09. The summed E-state index contributed by atoms with van der Waals surface area (Å²) in [5.41, 5.74) is 3.78. The lowest BCUT2D eigenvalue weighted by Gasteiger charge is -2.25. The van der Waals surface area contributed by atoms with Gasteiger partial charge in [-0.1, -0.05) is 18.2 Å². The Kier molecular flexibility index (Phi) is 3.15. The van der Waals surface area contributed by atoms with Crippen LogP contribution in [0.2, 0.25) is 0 Å². The van der Waals surface area contributed by atoms with Gasteiger partial charge in [0.05, 0.1) is 11.2 Å². The summed E-state index contributed by atoms with van der Waals surface area (Å²) < 4.78 is 0. The summed E-state index contributed by atoms with van der Waals surface area (Å²) >= 11 is 0. The third kappa shape index (κ3) is 2.06. The lowest BCUT2D eigenvalue weighted by atomic mass is 10.1. The van der Waals surface area contributed by atoms with Crippen LogP contribution in [-0.2, 0) is 0 Å². The van der Waals surface area contributed by atoms with E-state index in [0.717, 1.165) is 31.7 Å². The fourth-order valence-electron chi connectivity index (χ4n) is 2.70. The van der Waals surface area contributed by atoms with Gasteiger partial charge in [-0.25, -0.2) is 0 Å². The summed E-state index contributed by atoms with van der Waals surface area (Å²) in [7, 11) is 0. The first-order valence-corrected chi connectivity index (χ1v) is 6.66. The second kappa shape index (κ2) is 4.94. The van der Waals surface area contributed by atoms with Gasteiger partial charge in [-0.3, -0.25) is 4.98 Å². The molecule has 1 aliphatic heterocycles. The van der Waals surface area contributed by atoms with Crippen LogP contribution in [0.3, 0.4) is 0 Å². The first-order valence-electron chi connectivity index (χ1n) is 6.66. The Hall–Kier alpha value is -1.61. The van der Waals surface area contributed by atoms with E-state index >= 15 is 0 Å². The number of nitrogens with one attached hydrogen (secondary N) is 1. The van der Waals surface area contributed by atoms with E-state index in [4.69, 9.17) is 0 Å². The van der Waals surface area contributed by atoms with Crippen molar-refractivity contribution < 1.29 is 0 Å². The third-order valence-corrected chi connectivity index (χ3v) is 3.61. The number of hydrogen-bond donors (Lipinski definition) is 1. The molecule has 3 heteroatoms. The topological polar surface area (TPSA) is 28.2 Å². The molecule has 3 nitrogen and oxygen atoms in total. The molecule has 0 aliphatic carbocycles. The number of anilines is 1. The molecule has 3 rings (SSSR count). The first-order chi connectivity index (χ1) is 8.86. The second-order valence-electron chi connectivity index (χ2n) is 4.90. The molecule has 18 heavy (non-hydrogen) atoms. The van der Waals surface area contributed by atoms with Crippen LogP contribution in [0.25, 0.3) is 10.9 Å². The fraction of sp³-hybridized carbons (Fsp3) is 0.400. The van der Waals surface area contributed by atoms with Crippen molar-refractivity contribution in [2.75, 3.05) is 31.1 Å². The largest absolute Gasteiger partial charge is 0.368 e. The summed E-state index contributed by atoms with van der Waals surface area (Å²) in [6.45, 7) is 6.54. The quantitative estimate of drug-likeness (QED) is 0.830. The summed E-state index contributed by atoms with van der Waals surface area (Å²) in [5.74, 6) is 0. The molecule has 1 saturated heterocycles. The van der Waals surface area contributed by atoms with Gasteiger partial charge in [0.1, 0.15) is 0 Å². The van der Waals surface area contributed by atoms with E-state index in [9.17, 15) is 0 Å². The van der Waals surface area contributed by atoms with Gasteiger partial charge >= 0.3 is 0 Å². The maximum Gasteiger partial charge on any atom is 0.0937 e. The van der Waals surface area contributed by atoms with E-state index in [0.29, 0.717) is 0 Å². The van der Waals surface area contributed by atoms with Crippen molar-refractivity contribution in [2.45, 2.75) is 13.3 Å². The molecule has 2 aromatic rings. The van der Waals surface area contributed by atoms with Gasteiger partial charge in [-0.15, -0.1) is 0 Å². The van der Waals surface area contributed by atoms with Gasteiger partial charge < -0.3 is 10.2 Å². The average Bonchev–Trinajstić information content (AvgIpc) is 2.67. The van der Waals surface area contributed by atoms with Crippen LogP contribution in [0, 0.1) is 6.92 Å². The second-order valence-corrected chi connectivity index (χ2v) is 4.90. The summed E-state index contributed by atoms with van der Waals surface area (Å²) in [5, 5.41) is 4.68. The van der Waals surface area contributed by atoms with E-state index in [1.165, 1.54) is 23.1 Å². The van der Waals surface area contributed by atoms with Gasteiger partial charge in [0, 0.05) is 31.2 Å². The highest BCUT2D eigenvalue weighted by Crippen LogP contribution is 2.29. The van der Waals surface area contributed by atoms with Crippen molar-refractivity contribution in [1.82, 2.24) is 10.3 Å². The number of nitrogens with zero attached hydrogens (tertiary/aromatic N) is 2. The van der Waals surface area contributed by atoms with Crippen LogP contribution in [0.1, 0.15) is 12.0 Å². The molecule has 1 aromatic carbocycles. The highest BCUT2D eigenvalue weighted by molar-refractivity contribution is 5.92. The molecule has 0 bridgehead atoms. The molecule has 2 heterocycles. The van der Waals surface area contributed by atoms with E-state index in [1.807, 2.05) is 12.3 Å². The Morgan fingerprint density at radius 1 is 1.17 bits per heavy atom. The maximum atomic E-state index is 4.59. The molecule has 0 radical (unpaired) electrons. The van der Waals surface area contributed by atoms with Crippen LogP contribution in [0.4, 0.5) is 5.69 Å². The van der Waals surface area contributed by atoms with Crippen LogP contribution in [0.15, 0.2) is 30.5 Å². The average molecular weight is 241 g/mol. The van der Waals surface area contributed by atoms with Gasteiger partial charge in [-0.2, -0.15) is 0 Å². The molecule has 0 atom stereocenters. The zero-order valence-electron chi connectivity index (χ0n) is 10.8. The lowest BCUT2D eigenvalue weighted by Crippen LogP contribution is -2.28. The first kappa shape index (κ1) is 11.5. The number of pyridine rings is 1. The Bertz CT molecular complexity index is 542. The fourth-order valence-corrected chi connectivity index (χ4v) is 2.70. The summed E-state index contributed by atoms with van der Waals surface area (Å²) in [6, 6.07) is 8.52. The molecule has 1 N–H and O–H groups in total. The number of rotatable bonds is 1. The van der Waals surface area contributed by atoms with Crippen molar-refractivity contribution in [1.29, 1.82) is 0 Å². The number of aromatic nitrogens is 1. The SMILES string of the molecule is Cc1ccc2cccnc2c1N1CCCNCC1. The van der Waals surface area contributed by atoms with Crippen molar-refractivity contribution in [2.24, 2.45) is 0 Å². The lowest BCUT2D eigenvalue weighted by molar-refractivity contribution is 0.724. The van der Waals surface area contributed by atoms with Gasteiger partial charge in [0.15, 0.2) is 0 Å². The molecule has 0 amide bonds.